The van der Waals surface area contributed by atoms with Gasteiger partial charge in [0.2, 0.25) is 10.0 Å². The fourth-order valence-corrected chi connectivity index (χ4v) is 6.23. The van der Waals surface area contributed by atoms with E-state index < -0.39 is 20.6 Å². The Bertz CT molecular complexity index is 1210. The number of nitro benzene ring substituents is 1. The molecule has 0 saturated heterocycles. The molecule has 0 radical (unpaired) electrons. The van der Waals surface area contributed by atoms with Crippen molar-refractivity contribution in [3.05, 3.63) is 74.9 Å². The van der Waals surface area contributed by atoms with Crippen LogP contribution in [0.1, 0.15) is 16.0 Å². The molecule has 10 heteroatoms. The van der Waals surface area contributed by atoms with Gasteiger partial charge in [-0.05, 0) is 30.2 Å². The van der Waals surface area contributed by atoms with Gasteiger partial charge >= 0.3 is 0 Å². The number of sulfonamides is 1. The van der Waals surface area contributed by atoms with Crippen LogP contribution in [0.15, 0.2) is 53.7 Å². The van der Waals surface area contributed by atoms with Crippen LogP contribution in [0, 0.1) is 21.4 Å². The van der Waals surface area contributed by atoms with Gasteiger partial charge in [-0.25, -0.2) is 8.42 Å². The predicted octanol–water partition coefficient (Wildman–Crippen LogP) is 3.07. The van der Waals surface area contributed by atoms with E-state index in [4.69, 9.17) is 0 Å². The zero-order chi connectivity index (χ0) is 19.9. The Labute approximate surface area is 165 Å². The zero-order valence-electron chi connectivity index (χ0n) is 14.5. The molecule has 0 N–H and O–H groups in total. The number of para-hydroxylation sites is 1. The molecule has 4 rings (SSSR count). The largest absolute Gasteiger partial charge is 0.314 e. The minimum Gasteiger partial charge on any atom is -0.314 e. The smallest absolute Gasteiger partial charge is 0.289 e. The molecule has 1 aliphatic rings. The van der Waals surface area contributed by atoms with Gasteiger partial charge < -0.3 is 4.57 Å². The summed E-state index contributed by atoms with van der Waals surface area (Å²) in [6, 6.07) is 11.3. The van der Waals surface area contributed by atoms with Gasteiger partial charge in [0, 0.05) is 36.4 Å². The van der Waals surface area contributed by atoms with Gasteiger partial charge in [-0.15, -0.1) is 11.3 Å². The molecule has 8 nitrogen and oxygen atoms in total. The van der Waals surface area contributed by atoms with Crippen molar-refractivity contribution in [2.24, 2.45) is 0 Å². The van der Waals surface area contributed by atoms with Gasteiger partial charge in [-0.3, -0.25) is 10.1 Å². The van der Waals surface area contributed by atoms with E-state index in [1.807, 2.05) is 29.1 Å². The monoisotopic (exact) mass is 414 g/mol. The first-order valence-corrected chi connectivity index (χ1v) is 10.6. The first-order chi connectivity index (χ1) is 13.4. The number of thiophene rings is 1. The second kappa shape index (κ2) is 6.87. The van der Waals surface area contributed by atoms with Crippen LogP contribution < -0.4 is 0 Å². The molecule has 1 aromatic carbocycles. The third-order valence-electron chi connectivity index (χ3n) is 4.63. The minimum atomic E-state index is -4.04. The number of hydrogen-bond donors (Lipinski definition) is 0. The van der Waals surface area contributed by atoms with Crippen molar-refractivity contribution in [2.75, 3.05) is 6.54 Å². The Morgan fingerprint density at radius 2 is 1.89 bits per heavy atom. The highest BCUT2D eigenvalue weighted by Gasteiger charge is 2.35. The number of fused-ring (bicyclic) bond motifs is 1. The highest BCUT2D eigenvalue weighted by atomic mass is 32.2. The molecule has 0 bridgehead atoms. The van der Waals surface area contributed by atoms with E-state index in [9.17, 15) is 23.8 Å². The maximum absolute atomic E-state index is 13.1. The lowest BCUT2D eigenvalue weighted by Gasteiger charge is -2.26. The number of nitriles is 1. The third-order valence-corrected chi connectivity index (χ3v) is 7.76. The molecule has 3 heterocycles. The van der Waals surface area contributed by atoms with E-state index in [-0.39, 0.29) is 18.0 Å². The molecule has 0 atom stereocenters. The fraction of sp³-hybridized carbons (Fsp3) is 0.167. The summed E-state index contributed by atoms with van der Waals surface area (Å²) in [5, 5.41) is 21.6. The normalized spacial score (nSPS) is 14.4. The summed E-state index contributed by atoms with van der Waals surface area (Å²) in [5.41, 5.74) is 0.967. The number of aromatic nitrogens is 1. The molecule has 0 amide bonds. The summed E-state index contributed by atoms with van der Waals surface area (Å²) in [6.45, 7) is 0.252. The summed E-state index contributed by atoms with van der Waals surface area (Å²) in [5.74, 6) is 0. The van der Waals surface area contributed by atoms with Gasteiger partial charge in [0.1, 0.15) is 11.1 Å². The van der Waals surface area contributed by atoms with Gasteiger partial charge in [0.05, 0.1) is 10.5 Å². The van der Waals surface area contributed by atoms with E-state index in [0.717, 1.165) is 15.4 Å². The van der Waals surface area contributed by atoms with Crippen molar-refractivity contribution in [3.8, 4) is 11.1 Å². The lowest BCUT2D eigenvalue weighted by atomic mass is 10.1. The molecule has 1 aliphatic heterocycles. The van der Waals surface area contributed by atoms with Crippen molar-refractivity contribution in [1.82, 2.24) is 8.87 Å². The van der Waals surface area contributed by atoms with Gasteiger partial charge in [-0.1, -0.05) is 12.1 Å². The molecule has 2 aromatic heterocycles. The predicted molar refractivity (Wildman–Crippen MR) is 103 cm³/mol. The van der Waals surface area contributed by atoms with Gasteiger partial charge in [0.15, 0.2) is 4.90 Å². The summed E-state index contributed by atoms with van der Waals surface area (Å²) in [6.07, 6.45) is 4.05. The van der Waals surface area contributed by atoms with Crippen LogP contribution in [0.2, 0.25) is 0 Å². The Hall–Kier alpha value is -3.00. The molecular formula is C18H14N4O4S2. The zero-order valence-corrected chi connectivity index (χ0v) is 16.1. The standard InChI is InChI=1S/C18H14N4O4S2/c19-11-14-13-7-10-21(12-16(13)27-18(14)20-8-3-4-9-20)28(25,26)17-6-2-1-5-15(17)22(23)24/h1-6,8-9H,7,10,12H2. The summed E-state index contributed by atoms with van der Waals surface area (Å²) < 4.78 is 29.2. The van der Waals surface area contributed by atoms with Gasteiger partial charge in [-0.2, -0.15) is 9.57 Å². The molecule has 0 saturated carbocycles. The van der Waals surface area contributed by atoms with E-state index >= 15 is 0 Å². The van der Waals surface area contributed by atoms with Crippen LogP contribution in [-0.4, -0.2) is 28.8 Å². The van der Waals surface area contributed by atoms with E-state index in [1.54, 1.807) is 0 Å². The SMILES string of the molecule is N#Cc1c(-n2cccc2)sc2c1CCN(S(=O)(=O)c1ccccc1[N+](=O)[O-])C2. The quantitative estimate of drug-likeness (QED) is 0.481. The fourth-order valence-electron chi connectivity index (χ4n) is 3.30. The Morgan fingerprint density at radius 1 is 1.18 bits per heavy atom. The van der Waals surface area contributed by atoms with Crippen molar-refractivity contribution < 1.29 is 13.3 Å². The Morgan fingerprint density at radius 3 is 2.57 bits per heavy atom. The number of nitro groups is 1. The molecular weight excluding hydrogens is 400 g/mol. The van der Waals surface area contributed by atoms with Crippen molar-refractivity contribution in [1.29, 1.82) is 5.26 Å². The summed E-state index contributed by atoms with van der Waals surface area (Å²) in [4.78, 5) is 11.0. The van der Waals surface area contributed by atoms with E-state index in [0.29, 0.717) is 12.0 Å². The first-order valence-electron chi connectivity index (χ1n) is 8.35. The van der Waals surface area contributed by atoms with Crippen LogP contribution in [-0.2, 0) is 23.0 Å². The lowest BCUT2D eigenvalue weighted by molar-refractivity contribution is -0.387. The van der Waals surface area contributed by atoms with E-state index in [1.165, 1.54) is 39.9 Å². The molecule has 142 valence electrons. The first kappa shape index (κ1) is 18.4. The van der Waals surface area contributed by atoms with Crippen molar-refractivity contribution >= 4 is 27.0 Å². The Balaban J connectivity index is 1.74. The number of rotatable bonds is 4. The Kier molecular flexibility index (Phi) is 4.50. The summed E-state index contributed by atoms with van der Waals surface area (Å²) >= 11 is 1.37. The van der Waals surface area contributed by atoms with Crippen LogP contribution in [0.25, 0.3) is 5.00 Å². The number of nitrogens with zero attached hydrogens (tertiary/aromatic N) is 4. The lowest BCUT2D eigenvalue weighted by Crippen LogP contribution is -2.35. The second-order valence-electron chi connectivity index (χ2n) is 6.20. The molecule has 0 aliphatic carbocycles. The number of hydrogen-bond acceptors (Lipinski definition) is 6. The molecule has 28 heavy (non-hydrogen) atoms. The van der Waals surface area contributed by atoms with Crippen LogP contribution in [0.5, 0.6) is 0 Å². The molecule has 0 spiro atoms. The van der Waals surface area contributed by atoms with Gasteiger partial charge in [0.25, 0.3) is 5.69 Å². The van der Waals surface area contributed by atoms with Crippen LogP contribution in [0.3, 0.4) is 0 Å². The van der Waals surface area contributed by atoms with E-state index in [2.05, 4.69) is 6.07 Å². The molecule has 0 unspecified atom stereocenters. The highest BCUT2D eigenvalue weighted by Crippen LogP contribution is 2.37. The number of benzene rings is 1. The maximum atomic E-state index is 13.1. The molecule has 0 fully saturated rings. The minimum absolute atomic E-state index is 0.0876. The summed E-state index contributed by atoms with van der Waals surface area (Å²) in [7, 11) is -4.04. The maximum Gasteiger partial charge on any atom is 0.289 e. The second-order valence-corrected chi connectivity index (χ2v) is 9.19. The average Bonchev–Trinajstić information content (AvgIpc) is 3.34. The van der Waals surface area contributed by atoms with Crippen molar-refractivity contribution in [3.63, 3.8) is 0 Å². The van der Waals surface area contributed by atoms with Crippen LogP contribution >= 0.6 is 11.3 Å². The van der Waals surface area contributed by atoms with Crippen LogP contribution in [0.4, 0.5) is 5.69 Å². The molecule has 3 aromatic rings. The third kappa shape index (κ3) is 2.90. The topological polar surface area (TPSA) is 109 Å². The highest BCUT2D eigenvalue weighted by molar-refractivity contribution is 7.89. The van der Waals surface area contributed by atoms with Crippen molar-refractivity contribution in [2.45, 2.75) is 17.9 Å². The average molecular weight is 414 g/mol.